The summed E-state index contributed by atoms with van der Waals surface area (Å²) < 4.78 is 49.7. The first kappa shape index (κ1) is 28.8. The van der Waals surface area contributed by atoms with Gasteiger partial charge in [-0.2, -0.15) is 13.2 Å². The predicted molar refractivity (Wildman–Crippen MR) is 148 cm³/mol. The molecule has 0 saturated carbocycles. The number of carbonyl (C=O) groups is 2. The SMILES string of the molecule is CN/C(=C\C(=N)N(C)C(=O)Nc1cc(NC(=O)c2cccc(C(F)(F)F)c2)ccc1C)Nc1ccc2c(c1)OCO2. The average molecular weight is 569 g/mol. The Morgan fingerprint density at radius 1 is 0.951 bits per heavy atom. The number of alkyl halides is 3. The Morgan fingerprint density at radius 2 is 1.66 bits per heavy atom. The molecule has 3 aromatic carbocycles. The van der Waals surface area contributed by atoms with E-state index in [1.807, 2.05) is 0 Å². The fraction of sp³-hybridized carbons (Fsp3) is 0.179. The highest BCUT2D eigenvalue weighted by Crippen LogP contribution is 2.34. The van der Waals surface area contributed by atoms with Crippen molar-refractivity contribution < 1.29 is 32.2 Å². The number of hydrogen-bond acceptors (Lipinski definition) is 7. The second-order valence-electron chi connectivity index (χ2n) is 8.94. The molecule has 0 fully saturated rings. The summed E-state index contributed by atoms with van der Waals surface area (Å²) in [5.41, 5.74) is 0.833. The summed E-state index contributed by atoms with van der Waals surface area (Å²) >= 11 is 0. The van der Waals surface area contributed by atoms with Gasteiger partial charge in [0.2, 0.25) is 6.79 Å². The van der Waals surface area contributed by atoms with E-state index in [2.05, 4.69) is 21.3 Å². The number of fused-ring (bicyclic) bond motifs is 1. The summed E-state index contributed by atoms with van der Waals surface area (Å²) in [5.74, 6) is 0.761. The molecule has 3 aromatic rings. The lowest BCUT2D eigenvalue weighted by atomic mass is 10.1. The fourth-order valence-electron chi connectivity index (χ4n) is 3.72. The Bertz CT molecular complexity index is 1520. The lowest BCUT2D eigenvalue weighted by Crippen LogP contribution is -2.36. The van der Waals surface area contributed by atoms with Gasteiger partial charge in [0.1, 0.15) is 11.7 Å². The van der Waals surface area contributed by atoms with Crippen LogP contribution in [-0.2, 0) is 6.18 Å². The van der Waals surface area contributed by atoms with Gasteiger partial charge in [-0.05, 0) is 55.0 Å². The van der Waals surface area contributed by atoms with Crippen LogP contribution in [0.1, 0.15) is 21.5 Å². The van der Waals surface area contributed by atoms with Crippen molar-refractivity contribution >= 4 is 34.8 Å². The first-order valence-electron chi connectivity index (χ1n) is 12.2. The number of urea groups is 1. The molecule has 10 nitrogen and oxygen atoms in total. The zero-order valence-electron chi connectivity index (χ0n) is 22.3. The molecule has 0 atom stereocenters. The molecule has 4 rings (SSSR count). The highest BCUT2D eigenvalue weighted by molar-refractivity contribution is 6.07. The maximum Gasteiger partial charge on any atom is 0.416 e. The van der Waals surface area contributed by atoms with E-state index in [0.717, 1.165) is 23.1 Å². The number of nitrogens with zero attached hydrogens (tertiary/aromatic N) is 1. The van der Waals surface area contributed by atoms with E-state index in [0.29, 0.717) is 34.3 Å². The van der Waals surface area contributed by atoms with Crippen molar-refractivity contribution in [2.45, 2.75) is 13.1 Å². The number of nitrogens with one attached hydrogen (secondary N) is 5. The van der Waals surface area contributed by atoms with Gasteiger partial charge in [-0.3, -0.25) is 15.1 Å². The van der Waals surface area contributed by atoms with Crippen LogP contribution in [0.25, 0.3) is 0 Å². The topological polar surface area (TPSA) is 128 Å². The lowest BCUT2D eigenvalue weighted by Gasteiger charge is -2.19. The maximum absolute atomic E-state index is 13.0. The molecule has 13 heteroatoms. The van der Waals surface area contributed by atoms with Gasteiger partial charge >= 0.3 is 12.2 Å². The van der Waals surface area contributed by atoms with Crippen LogP contribution >= 0.6 is 0 Å². The minimum Gasteiger partial charge on any atom is -0.454 e. The van der Waals surface area contributed by atoms with Crippen LogP contribution < -0.4 is 30.7 Å². The Morgan fingerprint density at radius 3 is 2.39 bits per heavy atom. The van der Waals surface area contributed by atoms with Crippen LogP contribution in [0.3, 0.4) is 0 Å². The number of amidine groups is 1. The Hall–Kier alpha value is -5.20. The third kappa shape index (κ3) is 7.06. The van der Waals surface area contributed by atoms with E-state index < -0.39 is 23.7 Å². The Balaban J connectivity index is 1.41. The summed E-state index contributed by atoms with van der Waals surface area (Å²) in [6, 6.07) is 13.4. The van der Waals surface area contributed by atoms with Gasteiger partial charge < -0.3 is 30.7 Å². The van der Waals surface area contributed by atoms with E-state index >= 15 is 0 Å². The minimum absolute atomic E-state index is 0.142. The summed E-state index contributed by atoms with van der Waals surface area (Å²) in [4.78, 5) is 26.6. The van der Waals surface area contributed by atoms with Gasteiger partial charge in [0.15, 0.2) is 11.5 Å². The van der Waals surface area contributed by atoms with Crippen LogP contribution in [0.5, 0.6) is 11.5 Å². The van der Waals surface area contributed by atoms with Crippen LogP contribution in [0.2, 0.25) is 0 Å². The van der Waals surface area contributed by atoms with Crippen LogP contribution in [-0.4, -0.2) is 43.6 Å². The van der Waals surface area contributed by atoms with Crippen molar-refractivity contribution in [2.75, 3.05) is 36.8 Å². The molecule has 3 amide bonds. The van der Waals surface area contributed by atoms with Gasteiger partial charge in [-0.1, -0.05) is 12.1 Å². The molecule has 214 valence electrons. The molecule has 0 radical (unpaired) electrons. The number of halogens is 3. The molecule has 0 aliphatic carbocycles. The lowest BCUT2D eigenvalue weighted by molar-refractivity contribution is -0.137. The number of rotatable bonds is 7. The minimum atomic E-state index is -4.58. The first-order chi connectivity index (χ1) is 19.4. The largest absolute Gasteiger partial charge is 0.454 e. The van der Waals surface area contributed by atoms with Crippen molar-refractivity contribution in [3.8, 4) is 11.5 Å². The van der Waals surface area contributed by atoms with Gasteiger partial charge in [0, 0.05) is 48.9 Å². The Kier molecular flexibility index (Phi) is 8.36. The van der Waals surface area contributed by atoms with Gasteiger partial charge in [0.25, 0.3) is 5.91 Å². The van der Waals surface area contributed by atoms with Gasteiger partial charge in [0.05, 0.1) is 5.56 Å². The van der Waals surface area contributed by atoms with E-state index in [4.69, 9.17) is 14.9 Å². The number of benzene rings is 3. The monoisotopic (exact) mass is 568 g/mol. The molecule has 41 heavy (non-hydrogen) atoms. The quantitative estimate of drug-likeness (QED) is 0.186. The molecule has 5 N–H and O–H groups in total. The molecule has 0 spiro atoms. The van der Waals surface area contributed by atoms with Crippen LogP contribution in [0.4, 0.5) is 35.0 Å². The van der Waals surface area contributed by atoms with E-state index in [-0.39, 0.29) is 23.9 Å². The molecule has 0 unspecified atom stereocenters. The molecule has 1 aliphatic heterocycles. The molecular formula is C28H27F3N6O4. The highest BCUT2D eigenvalue weighted by atomic mass is 19.4. The summed E-state index contributed by atoms with van der Waals surface area (Å²) in [6.07, 6.45) is -3.16. The second-order valence-corrected chi connectivity index (χ2v) is 8.94. The maximum atomic E-state index is 13.0. The third-order valence-electron chi connectivity index (χ3n) is 6.06. The molecule has 0 aromatic heterocycles. The number of ether oxygens (including phenoxy) is 2. The fourth-order valence-corrected chi connectivity index (χ4v) is 3.72. The number of likely N-dealkylation sites (N-methyl/N-ethyl adjacent to an activating group) is 1. The third-order valence-corrected chi connectivity index (χ3v) is 6.06. The predicted octanol–water partition coefficient (Wildman–Crippen LogP) is 5.61. The summed E-state index contributed by atoms with van der Waals surface area (Å²) in [5, 5.41) is 19.7. The number of anilines is 3. The number of amides is 3. The average Bonchev–Trinajstić information content (AvgIpc) is 3.41. The van der Waals surface area contributed by atoms with Crippen LogP contribution in [0, 0.1) is 12.3 Å². The zero-order valence-corrected chi connectivity index (χ0v) is 22.3. The van der Waals surface area contributed by atoms with Crippen molar-refractivity contribution in [1.29, 1.82) is 5.41 Å². The van der Waals surface area contributed by atoms with Crippen molar-refractivity contribution in [3.63, 3.8) is 0 Å². The number of hydrogen-bond donors (Lipinski definition) is 5. The standard InChI is InChI=1S/C28H27F3N6O4/c1-16-7-8-19(35-26(38)17-5-4-6-18(11-17)28(29,30)31)12-21(16)36-27(39)37(3)24(32)14-25(33-2)34-20-9-10-22-23(13-20)41-15-40-22/h4-14,32-34H,15H2,1-3H3,(H,35,38)(H,36,39)/b25-14+,32-24?. The van der Waals surface area contributed by atoms with Crippen LogP contribution in [0.15, 0.2) is 72.6 Å². The van der Waals surface area contributed by atoms with Gasteiger partial charge in [-0.15, -0.1) is 0 Å². The van der Waals surface area contributed by atoms with Gasteiger partial charge in [-0.25, -0.2) is 4.79 Å². The first-order valence-corrected chi connectivity index (χ1v) is 12.2. The molecule has 0 saturated heterocycles. The van der Waals surface area contributed by atoms with E-state index in [1.165, 1.54) is 25.3 Å². The molecule has 1 aliphatic rings. The zero-order chi connectivity index (χ0) is 29.7. The smallest absolute Gasteiger partial charge is 0.416 e. The highest BCUT2D eigenvalue weighted by Gasteiger charge is 2.31. The summed E-state index contributed by atoms with van der Waals surface area (Å²) in [6.45, 7) is 1.87. The second kappa shape index (κ2) is 11.9. The normalized spacial score (nSPS) is 12.4. The number of aryl methyl sites for hydroxylation is 1. The summed E-state index contributed by atoms with van der Waals surface area (Å²) in [7, 11) is 3.07. The van der Waals surface area contributed by atoms with Crippen molar-refractivity contribution in [1.82, 2.24) is 10.2 Å². The van der Waals surface area contributed by atoms with Crippen molar-refractivity contribution in [2.24, 2.45) is 0 Å². The molecular weight excluding hydrogens is 541 g/mol. The van der Waals surface area contributed by atoms with E-state index in [1.54, 1.807) is 44.3 Å². The van der Waals surface area contributed by atoms with Crippen molar-refractivity contribution in [3.05, 3.63) is 89.3 Å². The Labute approximate surface area is 233 Å². The molecule has 1 heterocycles. The molecule has 0 bridgehead atoms. The number of carbonyl (C=O) groups excluding carboxylic acids is 2. The van der Waals surface area contributed by atoms with E-state index in [9.17, 15) is 22.8 Å².